The van der Waals surface area contributed by atoms with Crippen molar-refractivity contribution in [1.82, 2.24) is 9.55 Å². The van der Waals surface area contributed by atoms with E-state index >= 15 is 0 Å². The molecule has 0 aliphatic rings. The highest BCUT2D eigenvalue weighted by Crippen LogP contribution is 2.28. The molecular weight excluding hydrogens is 390 g/mol. The minimum atomic E-state index is -0.411. The number of para-hydroxylation sites is 1. The van der Waals surface area contributed by atoms with Crippen molar-refractivity contribution in [2.75, 3.05) is 5.32 Å². The highest BCUT2D eigenvalue weighted by molar-refractivity contribution is 8.00. The summed E-state index contributed by atoms with van der Waals surface area (Å²) in [5, 5.41) is 3.71. The highest BCUT2D eigenvalue weighted by atomic mass is 32.2. The van der Waals surface area contributed by atoms with Gasteiger partial charge in [-0.15, -0.1) is 17.9 Å². The van der Waals surface area contributed by atoms with E-state index in [1.807, 2.05) is 44.2 Å². The number of benzene rings is 1. The van der Waals surface area contributed by atoms with E-state index in [1.165, 1.54) is 23.1 Å². The number of thioether (sulfide) groups is 1. The lowest BCUT2D eigenvalue weighted by molar-refractivity contribution is -0.115. The van der Waals surface area contributed by atoms with Gasteiger partial charge in [-0.3, -0.25) is 14.2 Å². The number of hydrogen-bond donors (Lipinski definition) is 1. The second-order valence-electron chi connectivity index (χ2n) is 6.45. The first-order valence-corrected chi connectivity index (χ1v) is 10.8. The molecule has 1 amide bonds. The van der Waals surface area contributed by atoms with Gasteiger partial charge in [0.25, 0.3) is 5.56 Å². The van der Waals surface area contributed by atoms with Gasteiger partial charge in [0.15, 0.2) is 5.16 Å². The van der Waals surface area contributed by atoms with Gasteiger partial charge in [-0.25, -0.2) is 4.98 Å². The zero-order chi connectivity index (χ0) is 20.3. The molecule has 0 aliphatic carbocycles. The lowest BCUT2D eigenvalue weighted by Crippen LogP contribution is -2.26. The summed E-state index contributed by atoms with van der Waals surface area (Å²) in [4.78, 5) is 32.1. The molecule has 146 valence electrons. The van der Waals surface area contributed by atoms with E-state index in [0.717, 1.165) is 27.4 Å². The standard InChI is InChI=1S/C21H23N3O2S2/c1-5-11-24-20(26)16-12-15(6-2)28-19(16)23-21(24)27-14(4)18(25)22-17-10-8-7-9-13(17)3/h5,7-10,12,14H,1,6,11H2,2-4H3,(H,22,25)/t14-/m0/s1. The Labute approximate surface area is 172 Å². The smallest absolute Gasteiger partial charge is 0.263 e. The predicted octanol–water partition coefficient (Wildman–Crippen LogP) is 4.63. The summed E-state index contributed by atoms with van der Waals surface area (Å²) in [6.45, 7) is 9.93. The number of aryl methyl sites for hydroxylation is 2. The van der Waals surface area contributed by atoms with E-state index in [4.69, 9.17) is 0 Å². The van der Waals surface area contributed by atoms with E-state index < -0.39 is 5.25 Å². The topological polar surface area (TPSA) is 64.0 Å². The number of amides is 1. The van der Waals surface area contributed by atoms with Crippen LogP contribution in [-0.4, -0.2) is 20.7 Å². The molecule has 1 aromatic carbocycles. The first-order valence-electron chi connectivity index (χ1n) is 9.11. The summed E-state index contributed by atoms with van der Waals surface area (Å²) in [6, 6.07) is 9.56. The second-order valence-corrected chi connectivity index (χ2v) is 8.87. The van der Waals surface area contributed by atoms with Crippen molar-refractivity contribution in [1.29, 1.82) is 0 Å². The van der Waals surface area contributed by atoms with E-state index in [0.29, 0.717) is 17.1 Å². The molecule has 0 bridgehead atoms. The molecule has 0 radical (unpaired) electrons. The molecule has 5 nitrogen and oxygen atoms in total. The maximum Gasteiger partial charge on any atom is 0.263 e. The van der Waals surface area contributed by atoms with Crippen molar-refractivity contribution < 1.29 is 4.79 Å². The van der Waals surface area contributed by atoms with E-state index in [-0.39, 0.29) is 11.5 Å². The number of allylic oxidation sites excluding steroid dienone is 1. The number of aromatic nitrogens is 2. The van der Waals surface area contributed by atoms with Crippen molar-refractivity contribution >= 4 is 44.9 Å². The Kier molecular flexibility index (Phi) is 6.36. The van der Waals surface area contributed by atoms with Gasteiger partial charge in [0.2, 0.25) is 5.91 Å². The number of anilines is 1. The van der Waals surface area contributed by atoms with E-state index in [1.54, 1.807) is 10.6 Å². The minimum Gasteiger partial charge on any atom is -0.325 e. The third-order valence-electron chi connectivity index (χ3n) is 4.38. The van der Waals surface area contributed by atoms with Crippen LogP contribution < -0.4 is 10.9 Å². The van der Waals surface area contributed by atoms with Crippen LogP contribution in [0.1, 0.15) is 24.3 Å². The Bertz CT molecular complexity index is 1080. The second kappa shape index (κ2) is 8.75. The number of rotatable bonds is 7. The van der Waals surface area contributed by atoms with Gasteiger partial charge in [-0.05, 0) is 38.0 Å². The summed E-state index contributed by atoms with van der Waals surface area (Å²) < 4.78 is 1.59. The summed E-state index contributed by atoms with van der Waals surface area (Å²) >= 11 is 2.82. The van der Waals surface area contributed by atoms with Crippen molar-refractivity contribution in [2.24, 2.45) is 0 Å². The molecule has 28 heavy (non-hydrogen) atoms. The van der Waals surface area contributed by atoms with Crippen LogP contribution in [0.25, 0.3) is 10.2 Å². The van der Waals surface area contributed by atoms with Crippen LogP contribution in [0, 0.1) is 6.92 Å². The van der Waals surface area contributed by atoms with Gasteiger partial charge >= 0.3 is 0 Å². The lowest BCUT2D eigenvalue weighted by Gasteiger charge is -2.15. The van der Waals surface area contributed by atoms with Gasteiger partial charge in [0.1, 0.15) is 4.83 Å². The van der Waals surface area contributed by atoms with Gasteiger partial charge < -0.3 is 5.32 Å². The minimum absolute atomic E-state index is 0.0881. The SMILES string of the molecule is C=CCn1c(S[C@@H](C)C(=O)Nc2ccccc2C)nc2sc(CC)cc2c1=O. The first kappa shape index (κ1) is 20.4. The molecule has 0 aliphatic heterocycles. The first-order chi connectivity index (χ1) is 13.4. The summed E-state index contributed by atoms with van der Waals surface area (Å²) in [5.41, 5.74) is 1.70. The molecule has 0 fully saturated rings. The average Bonchev–Trinajstić information content (AvgIpc) is 3.10. The highest BCUT2D eigenvalue weighted by Gasteiger charge is 2.20. The molecule has 7 heteroatoms. The number of fused-ring (bicyclic) bond motifs is 1. The van der Waals surface area contributed by atoms with Crippen LogP contribution >= 0.6 is 23.1 Å². The predicted molar refractivity (Wildman–Crippen MR) is 119 cm³/mol. The quantitative estimate of drug-likeness (QED) is 0.348. The Morgan fingerprint density at radius 3 is 2.86 bits per heavy atom. The molecule has 2 heterocycles. The largest absolute Gasteiger partial charge is 0.325 e. The normalized spacial score (nSPS) is 12.1. The van der Waals surface area contributed by atoms with Crippen LogP contribution in [-0.2, 0) is 17.8 Å². The Morgan fingerprint density at radius 1 is 1.43 bits per heavy atom. The van der Waals surface area contributed by atoms with Crippen LogP contribution in [0.15, 0.2) is 52.9 Å². The van der Waals surface area contributed by atoms with E-state index in [9.17, 15) is 9.59 Å². The Hall–Kier alpha value is -2.38. The number of nitrogens with zero attached hydrogens (tertiary/aromatic N) is 2. The van der Waals surface area contributed by atoms with Crippen LogP contribution in [0.2, 0.25) is 0 Å². The van der Waals surface area contributed by atoms with E-state index in [2.05, 4.69) is 23.8 Å². The molecule has 3 rings (SSSR count). The molecule has 0 spiro atoms. The maximum atomic E-state index is 12.9. The fourth-order valence-corrected chi connectivity index (χ4v) is 4.69. The molecule has 0 unspecified atom stereocenters. The third kappa shape index (κ3) is 4.20. The van der Waals surface area contributed by atoms with Crippen molar-refractivity contribution in [3.63, 3.8) is 0 Å². The molecule has 1 N–H and O–H groups in total. The third-order valence-corrected chi connectivity index (χ3v) is 6.65. The molecule has 2 aromatic heterocycles. The zero-order valence-corrected chi connectivity index (χ0v) is 17.8. The number of hydrogen-bond acceptors (Lipinski definition) is 5. The Balaban J connectivity index is 1.90. The van der Waals surface area contributed by atoms with Gasteiger partial charge in [-0.2, -0.15) is 0 Å². The molecule has 1 atom stereocenters. The average molecular weight is 414 g/mol. The van der Waals surface area contributed by atoms with Crippen LogP contribution in [0.5, 0.6) is 0 Å². The monoisotopic (exact) mass is 413 g/mol. The van der Waals surface area contributed by atoms with Crippen LogP contribution in [0.4, 0.5) is 5.69 Å². The number of thiophene rings is 1. The van der Waals surface area contributed by atoms with Crippen LogP contribution in [0.3, 0.4) is 0 Å². The van der Waals surface area contributed by atoms with Crippen molar-refractivity contribution in [3.05, 3.63) is 63.8 Å². The Morgan fingerprint density at radius 2 is 2.18 bits per heavy atom. The summed E-state index contributed by atoms with van der Waals surface area (Å²) in [6.07, 6.45) is 2.53. The molecular formula is C21H23N3O2S2. The number of carbonyl (C=O) groups is 1. The lowest BCUT2D eigenvalue weighted by atomic mass is 10.2. The van der Waals surface area contributed by atoms with Gasteiger partial charge in [0.05, 0.1) is 10.6 Å². The van der Waals surface area contributed by atoms with Crippen molar-refractivity contribution in [2.45, 2.75) is 44.1 Å². The molecule has 0 saturated carbocycles. The summed E-state index contributed by atoms with van der Waals surface area (Å²) in [7, 11) is 0. The number of nitrogens with one attached hydrogen (secondary N) is 1. The van der Waals surface area contributed by atoms with Crippen molar-refractivity contribution in [3.8, 4) is 0 Å². The molecule has 0 saturated heterocycles. The fraction of sp³-hybridized carbons (Fsp3) is 0.286. The zero-order valence-electron chi connectivity index (χ0n) is 16.2. The van der Waals surface area contributed by atoms with Gasteiger partial charge in [0, 0.05) is 17.1 Å². The number of carbonyl (C=O) groups excluding carboxylic acids is 1. The van der Waals surface area contributed by atoms with Gasteiger partial charge in [-0.1, -0.05) is 43.0 Å². The summed E-state index contributed by atoms with van der Waals surface area (Å²) in [5.74, 6) is -0.126. The maximum absolute atomic E-state index is 12.9. The molecule has 3 aromatic rings. The fourth-order valence-electron chi connectivity index (χ4n) is 2.76.